The number of nitrogens with zero attached hydrogens (tertiary/aromatic N) is 4. The molecule has 200 valence electrons. The van der Waals surface area contributed by atoms with E-state index in [0.29, 0.717) is 30.5 Å². The highest BCUT2D eigenvalue weighted by Crippen LogP contribution is 2.41. The molecule has 0 atom stereocenters. The molecule has 2 aromatic heterocycles. The molecule has 1 fully saturated rings. The fraction of sp³-hybridized carbons (Fsp3) is 0.320. The maximum atomic E-state index is 14.0. The number of hydrogen-bond acceptors (Lipinski definition) is 11. The summed E-state index contributed by atoms with van der Waals surface area (Å²) in [5.74, 6) is 1.28. The number of sulfonamides is 1. The SMILES string of the molecule is COc1cc2oc3c(S(=O)(=O)N4CCN(c5ncccn5)CC4)c(OC)cc(OC)c3c(=O)c2cc1OC. The van der Waals surface area contributed by atoms with Crippen LogP contribution in [0.4, 0.5) is 5.95 Å². The van der Waals surface area contributed by atoms with Gasteiger partial charge in [-0.1, -0.05) is 0 Å². The summed E-state index contributed by atoms with van der Waals surface area (Å²) in [5.41, 5.74) is -0.526. The van der Waals surface area contributed by atoms with Gasteiger partial charge in [-0.2, -0.15) is 4.31 Å². The Labute approximate surface area is 218 Å². The van der Waals surface area contributed by atoms with E-state index in [1.807, 2.05) is 4.90 Å². The average Bonchev–Trinajstić information content (AvgIpc) is 2.96. The van der Waals surface area contributed by atoms with E-state index in [4.69, 9.17) is 23.4 Å². The Hall–Kier alpha value is -4.10. The van der Waals surface area contributed by atoms with Gasteiger partial charge < -0.3 is 28.3 Å². The Balaban J connectivity index is 1.68. The van der Waals surface area contributed by atoms with Crippen LogP contribution in [-0.2, 0) is 10.0 Å². The van der Waals surface area contributed by atoms with Crippen molar-refractivity contribution in [2.75, 3.05) is 59.5 Å². The second-order valence-electron chi connectivity index (χ2n) is 8.39. The van der Waals surface area contributed by atoms with E-state index < -0.39 is 15.5 Å². The van der Waals surface area contributed by atoms with Crippen LogP contribution in [0, 0.1) is 0 Å². The third-order valence-electron chi connectivity index (χ3n) is 6.45. The summed E-state index contributed by atoms with van der Waals surface area (Å²) in [6.45, 7) is 1.09. The van der Waals surface area contributed by atoms with Crippen LogP contribution in [0.2, 0.25) is 0 Å². The molecule has 5 rings (SSSR count). The largest absolute Gasteiger partial charge is 0.496 e. The van der Waals surface area contributed by atoms with Crippen molar-refractivity contribution in [3.05, 3.63) is 46.9 Å². The van der Waals surface area contributed by atoms with Gasteiger partial charge in [-0.3, -0.25) is 4.79 Å². The molecule has 13 heteroatoms. The van der Waals surface area contributed by atoms with Gasteiger partial charge in [0.15, 0.2) is 22.0 Å². The Morgan fingerprint density at radius 3 is 2.03 bits per heavy atom. The summed E-state index contributed by atoms with van der Waals surface area (Å²) in [5, 5.41) is 0.154. The Morgan fingerprint density at radius 1 is 0.816 bits per heavy atom. The predicted octanol–water partition coefficient (Wildman–Crippen LogP) is 2.28. The quantitative estimate of drug-likeness (QED) is 0.318. The number of methoxy groups -OCH3 is 4. The zero-order valence-electron chi connectivity index (χ0n) is 21.3. The van der Waals surface area contributed by atoms with Crippen molar-refractivity contribution in [1.29, 1.82) is 0 Å². The first-order valence-corrected chi connectivity index (χ1v) is 13.1. The molecule has 1 saturated heterocycles. The van der Waals surface area contributed by atoms with E-state index >= 15 is 0 Å². The zero-order chi connectivity index (χ0) is 27.0. The third kappa shape index (κ3) is 4.13. The van der Waals surface area contributed by atoms with E-state index in [1.54, 1.807) is 18.5 Å². The Kier molecular flexibility index (Phi) is 6.71. The highest BCUT2D eigenvalue weighted by molar-refractivity contribution is 7.89. The number of anilines is 1. The van der Waals surface area contributed by atoms with Gasteiger partial charge in [0, 0.05) is 50.7 Å². The molecule has 0 amide bonds. The smallest absolute Gasteiger partial charge is 0.250 e. The van der Waals surface area contributed by atoms with Crippen LogP contribution >= 0.6 is 0 Å². The van der Waals surface area contributed by atoms with Gasteiger partial charge in [-0.05, 0) is 12.1 Å². The zero-order valence-corrected chi connectivity index (χ0v) is 22.1. The molecule has 4 aromatic rings. The molecule has 0 aliphatic carbocycles. The molecule has 38 heavy (non-hydrogen) atoms. The van der Waals surface area contributed by atoms with Crippen LogP contribution in [0.1, 0.15) is 0 Å². The minimum Gasteiger partial charge on any atom is -0.496 e. The molecule has 0 radical (unpaired) electrons. The lowest BCUT2D eigenvalue weighted by Gasteiger charge is -2.34. The Bertz CT molecular complexity index is 1670. The van der Waals surface area contributed by atoms with E-state index in [2.05, 4.69) is 9.97 Å². The molecule has 0 saturated carbocycles. The lowest BCUT2D eigenvalue weighted by molar-refractivity contribution is 0.355. The van der Waals surface area contributed by atoms with E-state index in [1.165, 1.54) is 50.9 Å². The van der Waals surface area contributed by atoms with Crippen molar-refractivity contribution < 1.29 is 31.8 Å². The Morgan fingerprint density at radius 2 is 1.42 bits per heavy atom. The third-order valence-corrected chi connectivity index (χ3v) is 8.39. The molecule has 0 bridgehead atoms. The minimum atomic E-state index is -4.18. The lowest BCUT2D eigenvalue weighted by atomic mass is 10.1. The van der Waals surface area contributed by atoms with Crippen LogP contribution in [0.3, 0.4) is 0 Å². The van der Waals surface area contributed by atoms with Crippen molar-refractivity contribution in [3.63, 3.8) is 0 Å². The number of fused-ring (bicyclic) bond motifs is 2. The molecular weight excluding hydrogens is 516 g/mol. The highest BCUT2D eigenvalue weighted by Gasteiger charge is 2.36. The monoisotopic (exact) mass is 542 g/mol. The predicted molar refractivity (Wildman–Crippen MR) is 139 cm³/mol. The van der Waals surface area contributed by atoms with Crippen molar-refractivity contribution >= 4 is 37.9 Å². The maximum absolute atomic E-state index is 14.0. The van der Waals surface area contributed by atoms with Crippen molar-refractivity contribution in [3.8, 4) is 23.0 Å². The summed E-state index contributed by atoms with van der Waals surface area (Å²) in [4.78, 5) is 23.8. The molecule has 2 aromatic carbocycles. The molecule has 0 N–H and O–H groups in total. The van der Waals surface area contributed by atoms with E-state index in [-0.39, 0.29) is 51.4 Å². The molecule has 1 aliphatic rings. The topological polar surface area (TPSA) is 134 Å². The van der Waals surface area contributed by atoms with Gasteiger partial charge in [-0.15, -0.1) is 0 Å². The van der Waals surface area contributed by atoms with Gasteiger partial charge in [0.1, 0.15) is 22.5 Å². The lowest BCUT2D eigenvalue weighted by Crippen LogP contribution is -2.49. The van der Waals surface area contributed by atoms with Crippen LogP contribution in [0.15, 0.2) is 50.8 Å². The summed E-state index contributed by atoms with van der Waals surface area (Å²) in [7, 11) is 1.45. The second-order valence-corrected chi connectivity index (χ2v) is 10.3. The molecule has 1 aliphatic heterocycles. The van der Waals surface area contributed by atoms with Crippen molar-refractivity contribution in [1.82, 2.24) is 14.3 Å². The van der Waals surface area contributed by atoms with Gasteiger partial charge in [0.25, 0.3) is 10.0 Å². The first-order chi connectivity index (χ1) is 18.3. The summed E-state index contributed by atoms with van der Waals surface area (Å²) in [6, 6.07) is 6.07. The van der Waals surface area contributed by atoms with Gasteiger partial charge >= 0.3 is 0 Å². The molecule has 0 spiro atoms. The normalized spacial score (nSPS) is 14.6. The summed E-state index contributed by atoms with van der Waals surface area (Å²) < 4.78 is 57.1. The molecular formula is C25H26N4O8S. The summed E-state index contributed by atoms with van der Waals surface area (Å²) >= 11 is 0. The van der Waals surface area contributed by atoms with Crippen LogP contribution in [0.5, 0.6) is 23.0 Å². The number of aromatic nitrogens is 2. The summed E-state index contributed by atoms with van der Waals surface area (Å²) in [6.07, 6.45) is 3.27. The van der Waals surface area contributed by atoms with E-state index in [0.717, 1.165) is 0 Å². The molecule has 3 heterocycles. The first-order valence-electron chi connectivity index (χ1n) is 11.6. The number of hydrogen-bond donors (Lipinski definition) is 0. The second kappa shape index (κ2) is 9.99. The van der Waals surface area contributed by atoms with E-state index in [9.17, 15) is 13.2 Å². The highest BCUT2D eigenvalue weighted by atomic mass is 32.2. The van der Waals surface area contributed by atoms with Crippen molar-refractivity contribution in [2.24, 2.45) is 0 Å². The van der Waals surface area contributed by atoms with Gasteiger partial charge in [-0.25, -0.2) is 18.4 Å². The van der Waals surface area contributed by atoms with Crippen LogP contribution < -0.4 is 29.3 Å². The molecule has 12 nitrogen and oxygen atoms in total. The standard InChI is InChI=1S/C25H26N4O8S/c1-33-17-12-15-16(13-18(17)34-2)37-23-21(22(15)30)19(35-3)14-20(36-4)24(23)38(31,32)29-10-8-28(9-11-29)25-26-6-5-7-27-25/h5-7,12-14H,8-11H2,1-4H3. The minimum absolute atomic E-state index is 0.00820. The number of piperazine rings is 1. The average molecular weight is 543 g/mol. The van der Waals surface area contributed by atoms with Crippen molar-refractivity contribution in [2.45, 2.75) is 4.90 Å². The maximum Gasteiger partial charge on any atom is 0.250 e. The fourth-order valence-corrected chi connectivity index (χ4v) is 6.22. The molecule has 0 unspecified atom stereocenters. The fourth-order valence-electron chi connectivity index (χ4n) is 4.54. The van der Waals surface area contributed by atoms with Gasteiger partial charge in [0.2, 0.25) is 11.4 Å². The first kappa shape index (κ1) is 25.5. The van der Waals surface area contributed by atoms with Crippen LogP contribution in [0.25, 0.3) is 21.9 Å². The van der Waals surface area contributed by atoms with Gasteiger partial charge in [0.05, 0.1) is 33.8 Å². The number of rotatable bonds is 7. The number of ether oxygens (including phenoxy) is 4. The number of benzene rings is 2. The van der Waals surface area contributed by atoms with Crippen LogP contribution in [-0.4, -0.2) is 77.3 Å².